The number of hydrogen-bond donors (Lipinski definition) is 1. The summed E-state index contributed by atoms with van der Waals surface area (Å²) in [5.74, 6) is 1.99. The molecule has 0 atom stereocenters. The van der Waals surface area contributed by atoms with Gasteiger partial charge in [-0.15, -0.1) is 10.2 Å². The Kier molecular flexibility index (Phi) is 4.51. The van der Waals surface area contributed by atoms with Crippen molar-refractivity contribution in [3.8, 4) is 5.75 Å². The predicted molar refractivity (Wildman–Crippen MR) is 124 cm³/mol. The molecule has 1 N–H and O–H groups in total. The Labute approximate surface area is 191 Å². The number of ether oxygens (including phenoxy) is 1. The van der Waals surface area contributed by atoms with Crippen molar-refractivity contribution in [1.29, 1.82) is 0 Å². The van der Waals surface area contributed by atoms with Gasteiger partial charge in [-0.2, -0.15) is 9.61 Å². The number of methoxy groups -OCH3 is 1. The van der Waals surface area contributed by atoms with Crippen molar-refractivity contribution >= 4 is 50.7 Å². The molecule has 0 amide bonds. The zero-order valence-electron chi connectivity index (χ0n) is 17.3. The fraction of sp³-hybridized carbons (Fsp3) is 0.0909. The molecule has 0 fully saturated rings. The number of halogens is 1. The quantitative estimate of drug-likeness (QED) is 0.415. The average molecular weight is 458 g/mol. The lowest BCUT2D eigenvalue weighted by Gasteiger charge is -2.07. The van der Waals surface area contributed by atoms with Crippen LogP contribution >= 0.6 is 11.6 Å². The monoisotopic (exact) mass is 457 g/mol. The van der Waals surface area contributed by atoms with E-state index in [1.165, 1.54) is 6.33 Å². The minimum atomic E-state index is 0.359. The van der Waals surface area contributed by atoms with Crippen molar-refractivity contribution in [2.75, 3.05) is 12.4 Å². The van der Waals surface area contributed by atoms with Crippen LogP contribution in [0.3, 0.4) is 0 Å². The normalized spacial score (nSPS) is 11.5. The lowest BCUT2D eigenvalue weighted by atomic mass is 10.2. The van der Waals surface area contributed by atoms with Crippen molar-refractivity contribution < 1.29 is 4.74 Å². The van der Waals surface area contributed by atoms with E-state index in [2.05, 4.69) is 35.6 Å². The average Bonchev–Trinajstić information content (AvgIpc) is 3.45. The number of rotatable bonds is 5. The van der Waals surface area contributed by atoms with E-state index in [0.29, 0.717) is 40.2 Å². The molecule has 0 aliphatic carbocycles. The van der Waals surface area contributed by atoms with Gasteiger partial charge < -0.3 is 14.6 Å². The highest BCUT2D eigenvalue weighted by Gasteiger charge is 2.16. The predicted octanol–water partition coefficient (Wildman–Crippen LogP) is 3.87. The van der Waals surface area contributed by atoms with Crippen molar-refractivity contribution in [2.24, 2.45) is 0 Å². The Morgan fingerprint density at radius 1 is 0.939 bits per heavy atom. The van der Waals surface area contributed by atoms with Crippen LogP contribution in [0.1, 0.15) is 5.82 Å². The lowest BCUT2D eigenvalue weighted by molar-refractivity contribution is 0.415. The summed E-state index contributed by atoms with van der Waals surface area (Å²) in [4.78, 5) is 13.3. The highest BCUT2D eigenvalue weighted by atomic mass is 35.5. The van der Waals surface area contributed by atoms with E-state index >= 15 is 0 Å². The van der Waals surface area contributed by atoms with Gasteiger partial charge in [-0.1, -0.05) is 35.9 Å². The van der Waals surface area contributed by atoms with Gasteiger partial charge in [-0.05, 0) is 24.3 Å². The highest BCUT2D eigenvalue weighted by molar-refractivity contribution is 6.34. The third-order valence-corrected chi connectivity index (χ3v) is 5.63. The Balaban J connectivity index is 1.37. The minimum absolute atomic E-state index is 0.359. The van der Waals surface area contributed by atoms with Crippen LogP contribution in [0.15, 0.2) is 61.2 Å². The van der Waals surface area contributed by atoms with E-state index in [1.54, 1.807) is 18.0 Å². The number of aromatic nitrogens is 8. The third-order valence-electron chi connectivity index (χ3n) is 5.35. The van der Waals surface area contributed by atoms with Gasteiger partial charge in [-0.3, -0.25) is 0 Å². The molecular formula is C22H16ClN9O. The fourth-order valence-electron chi connectivity index (χ4n) is 3.73. The SMILES string of the molecule is COc1ccc(Nc2ncnc3c2ncn3Cc2nnc3c4ccccc4c(Cl)nn23)cc1. The van der Waals surface area contributed by atoms with E-state index in [0.717, 1.165) is 22.2 Å². The maximum atomic E-state index is 6.42. The van der Waals surface area contributed by atoms with Crippen LogP contribution in [-0.2, 0) is 6.54 Å². The van der Waals surface area contributed by atoms with Gasteiger partial charge in [-0.25, -0.2) is 15.0 Å². The molecule has 0 radical (unpaired) electrons. The molecule has 162 valence electrons. The van der Waals surface area contributed by atoms with Gasteiger partial charge in [0.1, 0.15) is 12.1 Å². The molecule has 0 bridgehead atoms. The molecular weight excluding hydrogens is 442 g/mol. The molecule has 6 aromatic rings. The van der Waals surface area contributed by atoms with Crippen LogP contribution in [0.2, 0.25) is 5.15 Å². The second kappa shape index (κ2) is 7.68. The van der Waals surface area contributed by atoms with Crippen LogP contribution in [0.25, 0.3) is 27.6 Å². The summed E-state index contributed by atoms with van der Waals surface area (Å²) >= 11 is 6.42. The van der Waals surface area contributed by atoms with Crippen molar-refractivity contribution in [1.82, 2.24) is 39.3 Å². The summed E-state index contributed by atoms with van der Waals surface area (Å²) < 4.78 is 8.74. The van der Waals surface area contributed by atoms with Crippen molar-refractivity contribution in [3.63, 3.8) is 0 Å². The van der Waals surface area contributed by atoms with Crippen molar-refractivity contribution in [2.45, 2.75) is 6.54 Å². The molecule has 0 saturated carbocycles. The Bertz CT molecular complexity index is 1620. The smallest absolute Gasteiger partial charge is 0.185 e. The molecule has 2 aromatic carbocycles. The molecule has 4 heterocycles. The number of imidazole rings is 1. The van der Waals surface area contributed by atoms with Crippen LogP contribution in [0.4, 0.5) is 11.5 Å². The van der Waals surface area contributed by atoms with E-state index in [9.17, 15) is 0 Å². The first-order valence-corrected chi connectivity index (χ1v) is 10.4. The summed E-state index contributed by atoms with van der Waals surface area (Å²) in [6.45, 7) is 0.359. The molecule has 11 heteroatoms. The summed E-state index contributed by atoms with van der Waals surface area (Å²) in [6, 6.07) is 15.3. The zero-order chi connectivity index (χ0) is 22.4. The number of hydrogen-bond acceptors (Lipinski definition) is 8. The number of benzene rings is 2. The first-order valence-electron chi connectivity index (χ1n) is 10.1. The minimum Gasteiger partial charge on any atom is -0.497 e. The molecule has 0 saturated heterocycles. The second-order valence-electron chi connectivity index (χ2n) is 7.31. The topological polar surface area (TPSA) is 108 Å². The number of fused-ring (bicyclic) bond motifs is 4. The van der Waals surface area contributed by atoms with E-state index < -0.39 is 0 Å². The van der Waals surface area contributed by atoms with Crippen LogP contribution in [0, 0.1) is 0 Å². The van der Waals surface area contributed by atoms with Gasteiger partial charge in [0.15, 0.2) is 33.6 Å². The lowest BCUT2D eigenvalue weighted by Crippen LogP contribution is -2.06. The Hall–Kier alpha value is -4.31. The van der Waals surface area contributed by atoms with Crippen molar-refractivity contribution in [3.05, 3.63) is 72.2 Å². The van der Waals surface area contributed by atoms with Crippen LogP contribution in [0.5, 0.6) is 5.75 Å². The zero-order valence-corrected chi connectivity index (χ0v) is 18.1. The van der Waals surface area contributed by atoms with Crippen LogP contribution in [-0.4, -0.2) is 46.4 Å². The molecule has 0 spiro atoms. The molecule has 6 rings (SSSR count). The van der Waals surface area contributed by atoms with E-state index in [-0.39, 0.29) is 0 Å². The summed E-state index contributed by atoms with van der Waals surface area (Å²) in [6.07, 6.45) is 3.19. The van der Waals surface area contributed by atoms with Crippen LogP contribution < -0.4 is 10.1 Å². The highest BCUT2D eigenvalue weighted by Crippen LogP contribution is 2.26. The van der Waals surface area contributed by atoms with Gasteiger partial charge in [0, 0.05) is 16.5 Å². The molecule has 0 aliphatic rings. The molecule has 33 heavy (non-hydrogen) atoms. The number of anilines is 2. The number of nitrogens with zero attached hydrogens (tertiary/aromatic N) is 8. The second-order valence-corrected chi connectivity index (χ2v) is 7.67. The van der Waals surface area contributed by atoms with Gasteiger partial charge in [0.25, 0.3) is 0 Å². The molecule has 0 aliphatic heterocycles. The standard InChI is InChI=1S/C22H16ClN9O/c1-33-14-8-6-13(7-9-14)27-20-18-22(25-11-24-20)31(12-26-18)10-17-28-29-21-16-5-3-2-4-15(16)19(23)30-32(17)21/h2-9,11-12H,10H2,1H3,(H,24,25,27). The van der Waals surface area contributed by atoms with Gasteiger partial charge >= 0.3 is 0 Å². The van der Waals surface area contributed by atoms with Gasteiger partial charge in [0.2, 0.25) is 0 Å². The fourth-order valence-corrected chi connectivity index (χ4v) is 3.97. The molecule has 4 aromatic heterocycles. The summed E-state index contributed by atoms with van der Waals surface area (Å²) in [7, 11) is 1.63. The summed E-state index contributed by atoms with van der Waals surface area (Å²) in [5.41, 5.74) is 2.80. The Morgan fingerprint density at radius 2 is 1.76 bits per heavy atom. The summed E-state index contributed by atoms with van der Waals surface area (Å²) in [5, 5.41) is 18.6. The maximum absolute atomic E-state index is 6.42. The Morgan fingerprint density at radius 3 is 2.58 bits per heavy atom. The third kappa shape index (κ3) is 3.28. The first-order chi connectivity index (χ1) is 16.2. The number of nitrogens with one attached hydrogen (secondary N) is 1. The first kappa shape index (κ1) is 19.4. The molecule has 0 unspecified atom stereocenters. The maximum Gasteiger partial charge on any atom is 0.185 e. The van der Waals surface area contributed by atoms with E-state index in [4.69, 9.17) is 16.3 Å². The molecule has 10 nitrogen and oxygen atoms in total. The largest absolute Gasteiger partial charge is 0.497 e. The van der Waals surface area contributed by atoms with E-state index in [1.807, 2.05) is 53.1 Å². The van der Waals surface area contributed by atoms with Gasteiger partial charge in [0.05, 0.1) is 20.0 Å².